The average Bonchev–Trinajstić information content (AvgIpc) is 2.58. The van der Waals surface area contributed by atoms with Crippen LogP contribution < -0.4 is 0 Å². The van der Waals surface area contributed by atoms with Gasteiger partial charge < -0.3 is 4.90 Å². The molecule has 0 aliphatic carbocycles. The van der Waals surface area contributed by atoms with Crippen molar-refractivity contribution in [2.24, 2.45) is 0 Å². The van der Waals surface area contributed by atoms with Crippen LogP contribution in [0.2, 0.25) is 5.02 Å². The molecule has 1 fully saturated rings. The highest BCUT2D eigenvalue weighted by Gasteiger charge is 2.41. The lowest BCUT2D eigenvalue weighted by Crippen LogP contribution is -2.32. The molecule has 0 radical (unpaired) electrons. The van der Waals surface area contributed by atoms with Crippen molar-refractivity contribution in [1.29, 1.82) is 0 Å². The first-order valence-corrected chi connectivity index (χ1v) is 6.04. The standard InChI is InChI=1S/C10H8BrClF2N2O/c11-7-3-6(12)4-15-8(7)9(17)16-2-1-10(13,14)5-16/h3-4H,1-2,5H2. The first-order valence-electron chi connectivity index (χ1n) is 4.87. The molecule has 3 nitrogen and oxygen atoms in total. The lowest BCUT2D eigenvalue weighted by Gasteiger charge is -2.16. The highest BCUT2D eigenvalue weighted by molar-refractivity contribution is 9.10. The zero-order valence-electron chi connectivity index (χ0n) is 8.59. The number of aromatic nitrogens is 1. The van der Waals surface area contributed by atoms with Gasteiger partial charge in [-0.15, -0.1) is 0 Å². The van der Waals surface area contributed by atoms with Crippen LogP contribution in [0.5, 0.6) is 0 Å². The number of carbonyl (C=O) groups is 1. The molecule has 1 saturated heterocycles. The van der Waals surface area contributed by atoms with Gasteiger partial charge in [-0.3, -0.25) is 4.79 Å². The summed E-state index contributed by atoms with van der Waals surface area (Å²) in [5, 5.41) is 0.375. The number of pyridine rings is 1. The van der Waals surface area contributed by atoms with Gasteiger partial charge in [-0.05, 0) is 22.0 Å². The van der Waals surface area contributed by atoms with Crippen LogP contribution in [-0.4, -0.2) is 34.8 Å². The molecular weight excluding hydrogens is 317 g/mol. The second kappa shape index (κ2) is 4.49. The second-order valence-corrected chi connectivity index (χ2v) is 5.11. The summed E-state index contributed by atoms with van der Waals surface area (Å²) in [6.45, 7) is -0.509. The molecule has 7 heteroatoms. The maximum Gasteiger partial charge on any atom is 0.273 e. The van der Waals surface area contributed by atoms with Crippen molar-refractivity contribution in [2.75, 3.05) is 13.1 Å². The number of carbonyl (C=O) groups excluding carboxylic acids is 1. The zero-order chi connectivity index (χ0) is 12.6. The molecule has 0 saturated carbocycles. The van der Waals surface area contributed by atoms with Gasteiger partial charge in [0, 0.05) is 19.2 Å². The van der Waals surface area contributed by atoms with Crippen molar-refractivity contribution in [1.82, 2.24) is 9.88 Å². The Kier molecular flexibility index (Phi) is 3.36. The Bertz CT molecular complexity index is 470. The van der Waals surface area contributed by atoms with E-state index in [1.54, 1.807) is 0 Å². The number of halogens is 4. The minimum atomic E-state index is -2.80. The molecule has 0 bridgehead atoms. The summed E-state index contributed by atoms with van der Waals surface area (Å²) in [7, 11) is 0. The van der Waals surface area contributed by atoms with E-state index < -0.39 is 18.4 Å². The van der Waals surface area contributed by atoms with Crippen LogP contribution in [0.25, 0.3) is 0 Å². The fourth-order valence-corrected chi connectivity index (χ4v) is 2.44. The summed E-state index contributed by atoms with van der Waals surface area (Å²) in [5.74, 6) is -3.31. The van der Waals surface area contributed by atoms with E-state index in [-0.39, 0.29) is 18.7 Å². The summed E-state index contributed by atoms with van der Waals surface area (Å²) < 4.78 is 26.4. The van der Waals surface area contributed by atoms with E-state index in [1.165, 1.54) is 12.3 Å². The van der Waals surface area contributed by atoms with Crippen molar-refractivity contribution in [3.8, 4) is 0 Å². The van der Waals surface area contributed by atoms with Crippen LogP contribution in [-0.2, 0) is 0 Å². The Morgan fingerprint density at radius 3 is 2.82 bits per heavy atom. The molecule has 0 aromatic carbocycles. The van der Waals surface area contributed by atoms with Gasteiger partial charge >= 0.3 is 0 Å². The van der Waals surface area contributed by atoms with Gasteiger partial charge in [0.1, 0.15) is 5.69 Å². The topological polar surface area (TPSA) is 33.2 Å². The second-order valence-electron chi connectivity index (χ2n) is 3.82. The molecule has 0 unspecified atom stereocenters. The number of nitrogens with zero attached hydrogens (tertiary/aromatic N) is 2. The number of alkyl halides is 2. The highest BCUT2D eigenvalue weighted by Crippen LogP contribution is 2.29. The molecule has 0 N–H and O–H groups in total. The number of hydrogen-bond donors (Lipinski definition) is 0. The predicted molar refractivity (Wildman–Crippen MR) is 62.4 cm³/mol. The lowest BCUT2D eigenvalue weighted by molar-refractivity contribution is 0.0119. The fraction of sp³-hybridized carbons (Fsp3) is 0.400. The quantitative estimate of drug-likeness (QED) is 0.795. The minimum absolute atomic E-state index is 0.0442. The van der Waals surface area contributed by atoms with Crippen LogP contribution >= 0.6 is 27.5 Å². The van der Waals surface area contributed by atoms with Crippen molar-refractivity contribution in [3.63, 3.8) is 0 Å². The molecular formula is C10H8BrClF2N2O. The first-order chi connectivity index (χ1) is 7.89. The molecule has 1 aromatic rings. The summed E-state index contributed by atoms with van der Waals surface area (Å²) in [6, 6.07) is 1.51. The Morgan fingerprint density at radius 1 is 1.59 bits per heavy atom. The Morgan fingerprint density at radius 2 is 2.29 bits per heavy atom. The fourth-order valence-electron chi connectivity index (χ4n) is 1.63. The molecule has 2 rings (SSSR count). The average molecular weight is 326 g/mol. The van der Waals surface area contributed by atoms with Gasteiger partial charge in [0.15, 0.2) is 0 Å². The third-order valence-corrected chi connectivity index (χ3v) is 3.28. The lowest BCUT2D eigenvalue weighted by atomic mass is 10.3. The molecule has 1 amide bonds. The number of rotatable bonds is 1. The summed E-state index contributed by atoms with van der Waals surface area (Å²) >= 11 is 8.83. The maximum atomic E-state index is 13.0. The van der Waals surface area contributed by atoms with Crippen molar-refractivity contribution >= 4 is 33.4 Å². The SMILES string of the molecule is O=C(c1ncc(Cl)cc1Br)N1CCC(F)(F)C1. The van der Waals surface area contributed by atoms with E-state index in [1.807, 2.05) is 0 Å². The van der Waals surface area contributed by atoms with E-state index in [9.17, 15) is 13.6 Å². The predicted octanol–water partition coefficient (Wildman–Crippen LogP) is 2.98. The number of hydrogen-bond acceptors (Lipinski definition) is 2. The van der Waals surface area contributed by atoms with Gasteiger partial charge in [0.25, 0.3) is 11.8 Å². The van der Waals surface area contributed by atoms with Crippen LogP contribution in [0, 0.1) is 0 Å². The van der Waals surface area contributed by atoms with Crippen molar-refractivity contribution in [3.05, 3.63) is 27.5 Å². The largest absolute Gasteiger partial charge is 0.331 e. The molecule has 2 heterocycles. The van der Waals surface area contributed by atoms with E-state index in [0.717, 1.165) is 4.90 Å². The van der Waals surface area contributed by atoms with Gasteiger partial charge in [-0.1, -0.05) is 11.6 Å². The molecule has 0 atom stereocenters. The van der Waals surface area contributed by atoms with Gasteiger partial charge in [0.05, 0.1) is 16.0 Å². The summed E-state index contributed by atoms with van der Waals surface area (Å²) in [4.78, 5) is 16.9. The molecule has 17 heavy (non-hydrogen) atoms. The van der Waals surface area contributed by atoms with E-state index in [4.69, 9.17) is 11.6 Å². The Hall–Kier alpha value is -0.750. The normalized spacial score (nSPS) is 18.5. The molecule has 1 aliphatic heterocycles. The van der Waals surface area contributed by atoms with E-state index in [0.29, 0.717) is 9.50 Å². The van der Waals surface area contributed by atoms with E-state index >= 15 is 0 Å². The molecule has 1 aliphatic rings. The molecule has 0 spiro atoms. The maximum absolute atomic E-state index is 13.0. The summed E-state index contributed by atoms with van der Waals surface area (Å²) in [5.41, 5.74) is 0.104. The Labute approximate surface area is 110 Å². The highest BCUT2D eigenvalue weighted by atomic mass is 79.9. The number of amides is 1. The van der Waals surface area contributed by atoms with Gasteiger partial charge in [-0.25, -0.2) is 13.8 Å². The Balaban J connectivity index is 2.21. The van der Waals surface area contributed by atoms with Crippen LogP contribution in [0.15, 0.2) is 16.7 Å². The zero-order valence-corrected chi connectivity index (χ0v) is 10.9. The van der Waals surface area contributed by atoms with Crippen molar-refractivity contribution < 1.29 is 13.6 Å². The van der Waals surface area contributed by atoms with Gasteiger partial charge in [0.2, 0.25) is 0 Å². The van der Waals surface area contributed by atoms with Crippen LogP contribution in [0.1, 0.15) is 16.9 Å². The van der Waals surface area contributed by atoms with Crippen LogP contribution in [0.3, 0.4) is 0 Å². The van der Waals surface area contributed by atoms with Crippen LogP contribution in [0.4, 0.5) is 8.78 Å². The molecule has 92 valence electrons. The first kappa shape index (κ1) is 12.7. The monoisotopic (exact) mass is 324 g/mol. The third-order valence-electron chi connectivity index (χ3n) is 2.47. The summed E-state index contributed by atoms with van der Waals surface area (Å²) in [6.07, 6.45) is 1.01. The minimum Gasteiger partial charge on any atom is -0.331 e. The number of likely N-dealkylation sites (tertiary alicyclic amines) is 1. The van der Waals surface area contributed by atoms with Gasteiger partial charge in [-0.2, -0.15) is 0 Å². The molecule has 1 aromatic heterocycles. The van der Waals surface area contributed by atoms with E-state index in [2.05, 4.69) is 20.9 Å². The third kappa shape index (κ3) is 2.74. The van der Waals surface area contributed by atoms with Crippen molar-refractivity contribution in [2.45, 2.75) is 12.3 Å². The smallest absolute Gasteiger partial charge is 0.273 e.